The van der Waals surface area contributed by atoms with Gasteiger partial charge in [-0.2, -0.15) is 0 Å². The highest BCUT2D eigenvalue weighted by Crippen LogP contribution is 2.31. The van der Waals surface area contributed by atoms with Gasteiger partial charge in [-0.1, -0.05) is 30.3 Å². The molecule has 28 heavy (non-hydrogen) atoms. The molecule has 2 aromatic carbocycles. The molecule has 0 saturated carbocycles. The molecule has 1 aliphatic heterocycles. The van der Waals surface area contributed by atoms with Crippen molar-refractivity contribution in [3.8, 4) is 11.5 Å². The Morgan fingerprint density at radius 3 is 2.43 bits per heavy atom. The Morgan fingerprint density at radius 1 is 1.11 bits per heavy atom. The molecule has 0 bridgehead atoms. The molecule has 1 unspecified atom stereocenters. The monoisotopic (exact) mass is 405 g/mol. The van der Waals surface area contributed by atoms with Crippen LogP contribution in [0.25, 0.3) is 0 Å². The zero-order chi connectivity index (χ0) is 19.4. The van der Waals surface area contributed by atoms with Gasteiger partial charge in [0.2, 0.25) is 5.91 Å². The summed E-state index contributed by atoms with van der Waals surface area (Å²) in [5.41, 5.74) is 8.25. The van der Waals surface area contributed by atoms with Gasteiger partial charge in [0.15, 0.2) is 11.5 Å². The number of hydrogen-bond acceptors (Lipinski definition) is 5. The summed E-state index contributed by atoms with van der Waals surface area (Å²) < 4.78 is 10.5. The Labute approximate surface area is 172 Å². The van der Waals surface area contributed by atoms with Gasteiger partial charge in [0.25, 0.3) is 0 Å². The number of carbonyl (C=O) groups is 1. The summed E-state index contributed by atoms with van der Waals surface area (Å²) in [4.78, 5) is 14.9. The predicted molar refractivity (Wildman–Crippen MR) is 114 cm³/mol. The largest absolute Gasteiger partial charge is 0.493 e. The van der Waals surface area contributed by atoms with Gasteiger partial charge in [-0.25, -0.2) is 0 Å². The number of benzene rings is 2. The van der Waals surface area contributed by atoms with E-state index >= 15 is 0 Å². The van der Waals surface area contributed by atoms with E-state index in [1.807, 2.05) is 25.1 Å². The standard InChI is InChI=1S/C21H27N3O3.ClH/c1-14(21(25)23-16-9-10-19(26-2)20(11-16)27-3)24-12-17(18(22)13-24)15-7-5-4-6-8-15;/h4-11,14,17-18H,12-13,22H2,1-3H3,(H,23,25);1H/t14?,17-,18+;/m0./s1. The van der Waals surface area contributed by atoms with Gasteiger partial charge in [0.1, 0.15) is 0 Å². The molecule has 0 aromatic heterocycles. The lowest BCUT2D eigenvalue weighted by Gasteiger charge is -2.23. The van der Waals surface area contributed by atoms with Crippen molar-refractivity contribution < 1.29 is 14.3 Å². The third-order valence-corrected chi connectivity index (χ3v) is 5.20. The van der Waals surface area contributed by atoms with E-state index in [0.29, 0.717) is 23.7 Å². The minimum absolute atomic E-state index is 0. The number of carbonyl (C=O) groups excluding carboxylic acids is 1. The van der Waals surface area contributed by atoms with Gasteiger partial charge >= 0.3 is 0 Å². The molecule has 0 spiro atoms. The third kappa shape index (κ3) is 4.76. The normalized spacial score (nSPS) is 20.1. The minimum Gasteiger partial charge on any atom is -0.493 e. The molecule has 3 N–H and O–H groups in total. The van der Waals surface area contributed by atoms with Crippen LogP contribution in [0.3, 0.4) is 0 Å². The number of rotatable bonds is 6. The molecular formula is C21H28ClN3O3. The molecular weight excluding hydrogens is 378 g/mol. The highest BCUT2D eigenvalue weighted by atomic mass is 35.5. The van der Waals surface area contributed by atoms with Crippen molar-refractivity contribution in [3.05, 3.63) is 54.1 Å². The Morgan fingerprint density at radius 2 is 1.79 bits per heavy atom. The highest BCUT2D eigenvalue weighted by molar-refractivity contribution is 5.94. The van der Waals surface area contributed by atoms with Gasteiger partial charge < -0.3 is 20.5 Å². The number of halogens is 1. The SMILES string of the molecule is COc1ccc(NC(=O)C(C)N2C[C@@H](N)[C@H](c3ccccc3)C2)cc1OC.Cl. The van der Waals surface area contributed by atoms with Crippen LogP contribution >= 0.6 is 12.4 Å². The molecule has 1 aliphatic rings. The second-order valence-corrected chi connectivity index (χ2v) is 6.87. The Kier molecular flexibility index (Phi) is 7.69. The Bertz CT molecular complexity index is 788. The molecule has 0 aliphatic carbocycles. The molecule has 6 nitrogen and oxygen atoms in total. The number of ether oxygens (including phenoxy) is 2. The quantitative estimate of drug-likeness (QED) is 0.772. The van der Waals surface area contributed by atoms with E-state index in [-0.39, 0.29) is 36.3 Å². The van der Waals surface area contributed by atoms with Crippen LogP contribution < -0.4 is 20.5 Å². The lowest BCUT2D eigenvalue weighted by atomic mass is 9.95. The van der Waals surface area contributed by atoms with Crippen molar-refractivity contribution in [1.82, 2.24) is 4.90 Å². The maximum absolute atomic E-state index is 12.7. The van der Waals surface area contributed by atoms with Crippen LogP contribution in [-0.4, -0.2) is 50.2 Å². The number of methoxy groups -OCH3 is 2. The van der Waals surface area contributed by atoms with Crippen LogP contribution in [0.5, 0.6) is 11.5 Å². The van der Waals surface area contributed by atoms with Crippen molar-refractivity contribution in [1.29, 1.82) is 0 Å². The lowest BCUT2D eigenvalue weighted by molar-refractivity contribution is -0.120. The van der Waals surface area contributed by atoms with E-state index in [4.69, 9.17) is 15.2 Å². The molecule has 3 rings (SSSR count). The number of anilines is 1. The fourth-order valence-electron chi connectivity index (χ4n) is 3.56. The average molecular weight is 406 g/mol. The molecule has 7 heteroatoms. The Hall–Kier alpha value is -2.28. The van der Waals surface area contributed by atoms with E-state index in [1.165, 1.54) is 5.56 Å². The van der Waals surface area contributed by atoms with Crippen molar-refractivity contribution in [3.63, 3.8) is 0 Å². The summed E-state index contributed by atoms with van der Waals surface area (Å²) in [6, 6.07) is 15.3. The maximum atomic E-state index is 12.7. The first kappa shape index (κ1) is 22.0. The minimum atomic E-state index is -0.280. The molecule has 0 radical (unpaired) electrons. The average Bonchev–Trinajstić information content (AvgIpc) is 3.09. The summed E-state index contributed by atoms with van der Waals surface area (Å²) in [5.74, 6) is 1.38. The molecule has 152 valence electrons. The fraction of sp³-hybridized carbons (Fsp3) is 0.381. The van der Waals surface area contributed by atoms with E-state index < -0.39 is 0 Å². The molecule has 3 atom stereocenters. The van der Waals surface area contributed by atoms with Gasteiger partial charge in [-0.3, -0.25) is 9.69 Å². The van der Waals surface area contributed by atoms with Crippen LogP contribution in [0.2, 0.25) is 0 Å². The molecule has 1 saturated heterocycles. The second-order valence-electron chi connectivity index (χ2n) is 6.87. The summed E-state index contributed by atoms with van der Waals surface area (Å²) in [7, 11) is 3.15. The molecule has 2 aromatic rings. The number of nitrogens with two attached hydrogens (primary N) is 1. The van der Waals surface area contributed by atoms with Crippen molar-refractivity contribution in [2.24, 2.45) is 5.73 Å². The first-order chi connectivity index (χ1) is 13.0. The van der Waals surface area contributed by atoms with Crippen molar-refractivity contribution in [2.75, 3.05) is 32.6 Å². The smallest absolute Gasteiger partial charge is 0.241 e. The van der Waals surface area contributed by atoms with Crippen LogP contribution in [0.4, 0.5) is 5.69 Å². The summed E-state index contributed by atoms with van der Waals surface area (Å²) in [6.07, 6.45) is 0. The zero-order valence-corrected chi connectivity index (χ0v) is 17.2. The van der Waals surface area contributed by atoms with Gasteiger partial charge in [-0.05, 0) is 24.6 Å². The first-order valence-corrected chi connectivity index (χ1v) is 9.11. The molecule has 1 heterocycles. The highest BCUT2D eigenvalue weighted by Gasteiger charge is 2.35. The van der Waals surface area contributed by atoms with Crippen LogP contribution in [-0.2, 0) is 4.79 Å². The van der Waals surface area contributed by atoms with E-state index in [9.17, 15) is 4.79 Å². The van der Waals surface area contributed by atoms with Crippen LogP contribution in [0, 0.1) is 0 Å². The zero-order valence-electron chi connectivity index (χ0n) is 16.4. The van der Waals surface area contributed by atoms with Crippen molar-refractivity contribution in [2.45, 2.75) is 24.9 Å². The molecule has 1 amide bonds. The number of nitrogens with zero attached hydrogens (tertiary/aromatic N) is 1. The number of nitrogens with one attached hydrogen (secondary N) is 1. The third-order valence-electron chi connectivity index (χ3n) is 5.20. The topological polar surface area (TPSA) is 76.8 Å². The van der Waals surface area contributed by atoms with Crippen LogP contribution in [0.15, 0.2) is 48.5 Å². The first-order valence-electron chi connectivity index (χ1n) is 9.11. The van der Waals surface area contributed by atoms with E-state index in [0.717, 1.165) is 6.54 Å². The van der Waals surface area contributed by atoms with Gasteiger partial charge in [-0.15, -0.1) is 12.4 Å². The number of hydrogen-bond donors (Lipinski definition) is 2. The van der Waals surface area contributed by atoms with E-state index in [2.05, 4.69) is 22.3 Å². The molecule has 1 fully saturated rings. The summed E-state index contributed by atoms with van der Waals surface area (Å²) in [5, 5.41) is 2.96. The second kappa shape index (κ2) is 9.78. The van der Waals surface area contributed by atoms with E-state index in [1.54, 1.807) is 32.4 Å². The maximum Gasteiger partial charge on any atom is 0.241 e. The number of amides is 1. The van der Waals surface area contributed by atoms with Crippen LogP contribution in [0.1, 0.15) is 18.4 Å². The van der Waals surface area contributed by atoms with Gasteiger partial charge in [0.05, 0.1) is 20.3 Å². The van der Waals surface area contributed by atoms with Gasteiger partial charge in [0, 0.05) is 36.8 Å². The summed E-state index contributed by atoms with van der Waals surface area (Å²) >= 11 is 0. The number of likely N-dealkylation sites (tertiary alicyclic amines) is 1. The van der Waals surface area contributed by atoms with Crippen molar-refractivity contribution >= 4 is 24.0 Å². The summed E-state index contributed by atoms with van der Waals surface area (Å²) in [6.45, 7) is 3.38. The predicted octanol–water partition coefficient (Wildman–Crippen LogP) is 2.88. The fourth-order valence-corrected chi connectivity index (χ4v) is 3.56. The lowest BCUT2D eigenvalue weighted by Crippen LogP contribution is -2.41. The Balaban J connectivity index is 0.00000280.